The van der Waals surface area contributed by atoms with E-state index in [-0.39, 0.29) is 10.7 Å². The van der Waals surface area contributed by atoms with E-state index in [1.807, 2.05) is 0 Å². The van der Waals surface area contributed by atoms with Gasteiger partial charge in [0.2, 0.25) is 0 Å². The van der Waals surface area contributed by atoms with E-state index >= 15 is 0 Å². The van der Waals surface area contributed by atoms with Crippen molar-refractivity contribution in [1.82, 2.24) is 0 Å². The molecular formula is C11H9BrO4S2. The Morgan fingerprint density at radius 3 is 2.22 bits per heavy atom. The monoisotopic (exact) mass is 348 g/mol. The molecule has 0 radical (unpaired) electrons. The molecule has 0 atom stereocenters. The van der Waals surface area contributed by atoms with Gasteiger partial charge in [0.15, 0.2) is 19.7 Å². The predicted molar refractivity (Wildman–Crippen MR) is 74.0 cm³/mol. The molecule has 1 aromatic rings. The third-order valence-electron chi connectivity index (χ3n) is 2.34. The first-order valence-electron chi connectivity index (χ1n) is 4.92. The first kappa shape index (κ1) is 13.5. The largest absolute Gasteiger partial charge is 0.223 e. The van der Waals surface area contributed by atoms with E-state index < -0.39 is 19.7 Å². The van der Waals surface area contributed by atoms with Crippen molar-refractivity contribution < 1.29 is 16.8 Å². The molecule has 96 valence electrons. The van der Waals surface area contributed by atoms with Crippen LogP contribution in [0.1, 0.15) is 5.56 Å². The number of benzene rings is 1. The molecule has 0 spiro atoms. The van der Waals surface area contributed by atoms with Crippen molar-refractivity contribution in [2.45, 2.75) is 0 Å². The summed E-state index contributed by atoms with van der Waals surface area (Å²) in [4.78, 5) is -0.167. The zero-order valence-electron chi connectivity index (χ0n) is 9.08. The summed E-state index contributed by atoms with van der Waals surface area (Å²) in [5.74, 6) is -0.311. The van der Waals surface area contributed by atoms with Gasteiger partial charge in [0.1, 0.15) is 0 Å². The van der Waals surface area contributed by atoms with E-state index in [0.29, 0.717) is 5.56 Å². The Balaban J connectivity index is 2.66. The van der Waals surface area contributed by atoms with Crippen LogP contribution in [0.3, 0.4) is 0 Å². The van der Waals surface area contributed by atoms with Crippen molar-refractivity contribution in [3.63, 3.8) is 0 Å². The highest BCUT2D eigenvalue weighted by Crippen LogP contribution is 2.27. The summed E-state index contributed by atoms with van der Waals surface area (Å²) in [7, 11) is -7.25. The zero-order valence-corrected chi connectivity index (χ0v) is 12.3. The zero-order chi connectivity index (χ0) is 13.4. The SMILES string of the molecule is O=S1(=O)C=CCS(=O)(=O)C(c2ccc(Br)cc2)=C1. The number of rotatable bonds is 1. The van der Waals surface area contributed by atoms with E-state index in [4.69, 9.17) is 0 Å². The second-order valence-corrected chi connectivity index (χ2v) is 8.34. The van der Waals surface area contributed by atoms with Gasteiger partial charge >= 0.3 is 0 Å². The fraction of sp³-hybridized carbons (Fsp3) is 0.0909. The van der Waals surface area contributed by atoms with Gasteiger partial charge in [-0.2, -0.15) is 0 Å². The van der Waals surface area contributed by atoms with Crippen molar-refractivity contribution in [2.75, 3.05) is 5.75 Å². The minimum atomic E-state index is -3.63. The molecule has 0 unspecified atom stereocenters. The molecule has 0 fully saturated rings. The van der Waals surface area contributed by atoms with Gasteiger partial charge in [0.25, 0.3) is 0 Å². The number of sulfone groups is 2. The van der Waals surface area contributed by atoms with Crippen LogP contribution in [0.25, 0.3) is 4.91 Å². The first-order chi connectivity index (χ1) is 8.30. The number of halogens is 1. The van der Waals surface area contributed by atoms with Crippen molar-refractivity contribution in [2.24, 2.45) is 0 Å². The Morgan fingerprint density at radius 2 is 1.61 bits per heavy atom. The van der Waals surface area contributed by atoms with Crippen LogP contribution in [0.4, 0.5) is 0 Å². The van der Waals surface area contributed by atoms with E-state index in [0.717, 1.165) is 21.4 Å². The fourth-order valence-corrected chi connectivity index (χ4v) is 4.79. The molecule has 1 aromatic carbocycles. The van der Waals surface area contributed by atoms with Crippen LogP contribution in [0.2, 0.25) is 0 Å². The minimum Gasteiger partial charge on any atom is -0.223 e. The maximum absolute atomic E-state index is 12.0. The third kappa shape index (κ3) is 2.90. The Morgan fingerprint density at radius 1 is 1.00 bits per heavy atom. The highest BCUT2D eigenvalue weighted by Gasteiger charge is 2.23. The molecule has 0 aromatic heterocycles. The molecule has 1 aliphatic heterocycles. The summed E-state index contributed by atoms with van der Waals surface area (Å²) in [5.41, 5.74) is 0.366. The maximum atomic E-state index is 12.0. The third-order valence-corrected chi connectivity index (χ3v) is 5.81. The Bertz CT molecular complexity index is 726. The first-order valence-corrected chi connectivity index (χ1v) is 8.98. The van der Waals surface area contributed by atoms with Gasteiger partial charge in [0, 0.05) is 9.88 Å². The Kier molecular flexibility index (Phi) is 3.48. The molecule has 0 N–H and O–H groups in total. The highest BCUT2D eigenvalue weighted by molar-refractivity contribution is 9.10. The summed E-state index contributed by atoms with van der Waals surface area (Å²) >= 11 is 3.24. The van der Waals surface area contributed by atoms with Crippen molar-refractivity contribution in [3.8, 4) is 0 Å². The van der Waals surface area contributed by atoms with Crippen molar-refractivity contribution in [3.05, 3.63) is 51.2 Å². The predicted octanol–water partition coefficient (Wildman–Crippen LogP) is 2.10. The molecular weight excluding hydrogens is 340 g/mol. The maximum Gasteiger partial charge on any atom is 0.194 e. The molecule has 1 aliphatic rings. The van der Waals surface area contributed by atoms with Gasteiger partial charge < -0.3 is 0 Å². The average molecular weight is 349 g/mol. The second kappa shape index (κ2) is 4.64. The molecule has 4 nitrogen and oxygen atoms in total. The van der Waals surface area contributed by atoms with Crippen LogP contribution < -0.4 is 0 Å². The minimum absolute atomic E-state index is 0.167. The molecule has 0 bridgehead atoms. The van der Waals surface area contributed by atoms with E-state index in [1.54, 1.807) is 24.3 Å². The van der Waals surface area contributed by atoms with Crippen LogP contribution in [0.15, 0.2) is 45.6 Å². The van der Waals surface area contributed by atoms with Gasteiger partial charge in [-0.3, -0.25) is 0 Å². The van der Waals surface area contributed by atoms with Gasteiger partial charge in [-0.1, -0.05) is 34.1 Å². The lowest BCUT2D eigenvalue weighted by Gasteiger charge is -2.06. The van der Waals surface area contributed by atoms with Crippen molar-refractivity contribution in [1.29, 1.82) is 0 Å². The van der Waals surface area contributed by atoms with Gasteiger partial charge in [-0.25, -0.2) is 16.8 Å². The summed E-state index contributed by atoms with van der Waals surface area (Å²) in [5, 5.41) is 1.71. The lowest BCUT2D eigenvalue weighted by molar-refractivity contribution is 0.607. The summed E-state index contributed by atoms with van der Waals surface area (Å²) in [6.45, 7) is 0. The molecule has 0 amide bonds. The van der Waals surface area contributed by atoms with Crippen LogP contribution in [-0.4, -0.2) is 22.6 Å². The van der Waals surface area contributed by atoms with E-state index in [1.165, 1.54) is 0 Å². The molecule has 0 aliphatic carbocycles. The normalized spacial score (nSPS) is 21.1. The summed E-state index contributed by atoms with van der Waals surface area (Å²) in [6, 6.07) is 6.45. The Hall–Kier alpha value is -0.920. The lowest BCUT2D eigenvalue weighted by Crippen LogP contribution is -2.06. The van der Waals surface area contributed by atoms with Gasteiger partial charge in [0.05, 0.1) is 16.1 Å². The summed E-state index contributed by atoms with van der Waals surface area (Å²) in [6.07, 6.45) is 1.15. The molecule has 2 rings (SSSR count). The standard InChI is InChI=1S/C11H9BrO4S2/c12-10-4-2-9(3-5-10)11-8-17(13,14)6-1-7-18(11,15)16/h1-6,8H,7H2. The number of hydrogen-bond donors (Lipinski definition) is 0. The van der Waals surface area contributed by atoms with Crippen LogP contribution >= 0.6 is 15.9 Å². The quantitative estimate of drug-likeness (QED) is 0.779. The average Bonchev–Trinajstić information content (AvgIpc) is 2.36. The highest BCUT2D eigenvalue weighted by atomic mass is 79.9. The fourth-order valence-electron chi connectivity index (χ4n) is 1.51. The van der Waals surface area contributed by atoms with Crippen molar-refractivity contribution >= 4 is 40.5 Å². The summed E-state index contributed by atoms with van der Waals surface area (Å²) < 4.78 is 47.9. The number of hydrogen-bond acceptors (Lipinski definition) is 4. The second-order valence-electron chi connectivity index (χ2n) is 3.73. The van der Waals surface area contributed by atoms with Gasteiger partial charge in [-0.05, 0) is 17.7 Å². The molecule has 0 saturated carbocycles. The topological polar surface area (TPSA) is 68.3 Å². The smallest absolute Gasteiger partial charge is 0.194 e. The molecule has 7 heteroatoms. The Labute approximate surface area is 114 Å². The lowest BCUT2D eigenvalue weighted by atomic mass is 10.2. The van der Waals surface area contributed by atoms with Crippen LogP contribution in [0.5, 0.6) is 0 Å². The van der Waals surface area contributed by atoms with Crippen LogP contribution in [-0.2, 0) is 19.7 Å². The molecule has 1 heterocycles. The molecule has 18 heavy (non-hydrogen) atoms. The molecule has 0 saturated heterocycles. The van der Waals surface area contributed by atoms with E-state index in [2.05, 4.69) is 15.9 Å². The van der Waals surface area contributed by atoms with Crippen LogP contribution in [0, 0.1) is 0 Å². The van der Waals surface area contributed by atoms with E-state index in [9.17, 15) is 16.8 Å². The van der Waals surface area contributed by atoms with Gasteiger partial charge in [-0.15, -0.1) is 0 Å².